The van der Waals surface area contributed by atoms with E-state index in [1.165, 1.54) is 11.1 Å². The zero-order valence-electron chi connectivity index (χ0n) is 17.2. The van der Waals surface area contributed by atoms with Gasteiger partial charge in [0.1, 0.15) is 6.04 Å². The number of nitrogens with zero attached hydrogens (tertiary/aromatic N) is 1. The summed E-state index contributed by atoms with van der Waals surface area (Å²) in [5.41, 5.74) is 4.65. The fourth-order valence-corrected chi connectivity index (χ4v) is 4.00. The molecule has 2 amide bonds. The van der Waals surface area contributed by atoms with E-state index in [9.17, 15) is 9.59 Å². The van der Waals surface area contributed by atoms with E-state index in [0.29, 0.717) is 18.8 Å². The summed E-state index contributed by atoms with van der Waals surface area (Å²) in [4.78, 5) is 27.0. The second-order valence-electron chi connectivity index (χ2n) is 7.00. The van der Waals surface area contributed by atoms with Crippen LogP contribution in [0.3, 0.4) is 0 Å². The van der Waals surface area contributed by atoms with Gasteiger partial charge in [-0.25, -0.2) is 0 Å². The predicted molar refractivity (Wildman–Crippen MR) is 117 cm³/mol. The average Bonchev–Trinajstić information content (AvgIpc) is 2.67. The number of hydrogen-bond donors (Lipinski definition) is 1. The number of carbonyl (C=O) groups is 2. The Kier molecular flexibility index (Phi) is 8.58. The second-order valence-corrected chi connectivity index (χ2v) is 7.99. The van der Waals surface area contributed by atoms with E-state index < -0.39 is 6.04 Å². The van der Waals surface area contributed by atoms with Gasteiger partial charge >= 0.3 is 0 Å². The van der Waals surface area contributed by atoms with E-state index >= 15 is 0 Å². The van der Waals surface area contributed by atoms with E-state index in [-0.39, 0.29) is 11.8 Å². The molecule has 0 spiro atoms. The van der Waals surface area contributed by atoms with Crippen molar-refractivity contribution in [2.75, 3.05) is 12.3 Å². The molecular formula is C23H30N2O2S. The molecule has 0 aliphatic rings. The first-order valence-corrected chi connectivity index (χ1v) is 10.8. The van der Waals surface area contributed by atoms with Crippen molar-refractivity contribution in [3.8, 4) is 0 Å². The fraction of sp³-hybridized carbons (Fsp3) is 0.391. The third-order valence-electron chi connectivity index (χ3n) is 4.70. The Balaban J connectivity index is 2.07. The number of likely N-dealkylation sites (N-methyl/N-ethyl adjacent to an activating group) is 1. The van der Waals surface area contributed by atoms with Gasteiger partial charge in [0.05, 0.1) is 5.75 Å². The standard InChI is InChI=1S/C23H30N2O2S/c1-5-24-23(27)19(4)25(14-20-11-8-9-17(2)13-20)22(26)16-28-15-21-12-7-6-10-18(21)3/h6-13,19H,5,14-16H2,1-4H3,(H,24,27)/t19-/m1/s1. The van der Waals surface area contributed by atoms with Gasteiger partial charge in [-0.05, 0) is 44.4 Å². The van der Waals surface area contributed by atoms with E-state index in [1.54, 1.807) is 23.6 Å². The molecule has 0 unspecified atom stereocenters. The van der Waals surface area contributed by atoms with E-state index in [1.807, 2.05) is 44.2 Å². The monoisotopic (exact) mass is 398 g/mol. The largest absolute Gasteiger partial charge is 0.355 e. The van der Waals surface area contributed by atoms with Crippen LogP contribution in [0.5, 0.6) is 0 Å². The zero-order chi connectivity index (χ0) is 20.5. The van der Waals surface area contributed by atoms with Crippen molar-refractivity contribution < 1.29 is 9.59 Å². The van der Waals surface area contributed by atoms with Crippen LogP contribution in [0.2, 0.25) is 0 Å². The van der Waals surface area contributed by atoms with Crippen LogP contribution in [-0.2, 0) is 21.9 Å². The molecule has 0 aromatic heterocycles. The molecule has 0 heterocycles. The molecule has 0 bridgehead atoms. The molecule has 2 aromatic rings. The lowest BCUT2D eigenvalue weighted by atomic mass is 10.1. The lowest BCUT2D eigenvalue weighted by Crippen LogP contribution is -2.48. The number of carbonyl (C=O) groups excluding carboxylic acids is 2. The van der Waals surface area contributed by atoms with Crippen molar-refractivity contribution >= 4 is 23.6 Å². The molecule has 2 rings (SSSR count). The minimum absolute atomic E-state index is 0.0150. The van der Waals surface area contributed by atoms with E-state index in [2.05, 4.69) is 30.4 Å². The quantitative estimate of drug-likeness (QED) is 0.692. The van der Waals surface area contributed by atoms with Gasteiger partial charge in [0, 0.05) is 18.8 Å². The zero-order valence-corrected chi connectivity index (χ0v) is 18.0. The maximum atomic E-state index is 13.0. The Bertz CT molecular complexity index is 807. The van der Waals surface area contributed by atoms with Crippen molar-refractivity contribution in [1.29, 1.82) is 0 Å². The molecule has 0 saturated carbocycles. The van der Waals surface area contributed by atoms with Crippen LogP contribution in [0.1, 0.15) is 36.1 Å². The molecule has 0 aliphatic carbocycles. The lowest BCUT2D eigenvalue weighted by Gasteiger charge is -2.28. The Morgan fingerprint density at radius 1 is 1.11 bits per heavy atom. The highest BCUT2D eigenvalue weighted by Crippen LogP contribution is 2.18. The first kappa shape index (κ1) is 22.0. The lowest BCUT2D eigenvalue weighted by molar-refractivity contribution is -0.138. The van der Waals surface area contributed by atoms with Crippen LogP contribution in [0.4, 0.5) is 0 Å². The van der Waals surface area contributed by atoms with Gasteiger partial charge in [0.2, 0.25) is 11.8 Å². The molecule has 5 heteroatoms. The molecule has 0 aliphatic heterocycles. The van der Waals surface area contributed by atoms with E-state index in [0.717, 1.165) is 16.9 Å². The van der Waals surface area contributed by atoms with Crippen LogP contribution in [0.15, 0.2) is 48.5 Å². The highest BCUT2D eigenvalue weighted by molar-refractivity contribution is 7.99. The molecule has 28 heavy (non-hydrogen) atoms. The Morgan fingerprint density at radius 2 is 1.86 bits per heavy atom. The van der Waals surface area contributed by atoms with Crippen molar-refractivity contribution in [2.45, 2.75) is 46.0 Å². The maximum Gasteiger partial charge on any atom is 0.242 e. The third kappa shape index (κ3) is 6.41. The highest BCUT2D eigenvalue weighted by atomic mass is 32.2. The maximum absolute atomic E-state index is 13.0. The second kappa shape index (κ2) is 10.9. The van der Waals surface area contributed by atoms with Crippen molar-refractivity contribution in [1.82, 2.24) is 10.2 Å². The molecule has 0 fully saturated rings. The van der Waals surface area contributed by atoms with Gasteiger partial charge in [-0.3, -0.25) is 9.59 Å². The van der Waals surface area contributed by atoms with Gasteiger partial charge in [-0.2, -0.15) is 0 Å². The molecule has 1 atom stereocenters. The smallest absolute Gasteiger partial charge is 0.242 e. The summed E-state index contributed by atoms with van der Waals surface area (Å²) < 4.78 is 0. The minimum atomic E-state index is -0.507. The third-order valence-corrected chi connectivity index (χ3v) is 5.66. The van der Waals surface area contributed by atoms with Crippen molar-refractivity contribution in [2.24, 2.45) is 0 Å². The Hall–Kier alpha value is -2.27. The fourth-order valence-electron chi connectivity index (χ4n) is 3.02. The van der Waals surface area contributed by atoms with Crippen LogP contribution < -0.4 is 5.32 Å². The van der Waals surface area contributed by atoms with Gasteiger partial charge in [0.25, 0.3) is 0 Å². The summed E-state index contributed by atoms with van der Waals surface area (Å²) in [6, 6.07) is 15.8. The summed E-state index contributed by atoms with van der Waals surface area (Å²) in [6.07, 6.45) is 0. The molecule has 1 N–H and O–H groups in total. The number of amides is 2. The van der Waals surface area contributed by atoms with E-state index in [4.69, 9.17) is 0 Å². The highest BCUT2D eigenvalue weighted by Gasteiger charge is 2.25. The van der Waals surface area contributed by atoms with Crippen molar-refractivity contribution in [3.05, 3.63) is 70.8 Å². The van der Waals surface area contributed by atoms with Gasteiger partial charge in [-0.1, -0.05) is 54.1 Å². The predicted octanol–water partition coefficient (Wildman–Crippen LogP) is 4.09. The SMILES string of the molecule is CCNC(=O)[C@@H](C)N(Cc1cccc(C)c1)C(=O)CSCc1ccccc1C. The van der Waals surface area contributed by atoms with Gasteiger partial charge in [-0.15, -0.1) is 11.8 Å². The molecule has 0 radical (unpaired) electrons. The average molecular weight is 399 g/mol. The summed E-state index contributed by atoms with van der Waals surface area (Å²) in [7, 11) is 0. The normalized spacial score (nSPS) is 11.7. The minimum Gasteiger partial charge on any atom is -0.355 e. The molecular weight excluding hydrogens is 368 g/mol. The van der Waals surface area contributed by atoms with Gasteiger partial charge < -0.3 is 10.2 Å². The van der Waals surface area contributed by atoms with Crippen LogP contribution in [0, 0.1) is 13.8 Å². The number of rotatable bonds is 9. The van der Waals surface area contributed by atoms with Crippen LogP contribution in [-0.4, -0.2) is 35.1 Å². The van der Waals surface area contributed by atoms with Crippen molar-refractivity contribution in [3.63, 3.8) is 0 Å². The summed E-state index contributed by atoms with van der Waals surface area (Å²) in [5, 5.41) is 2.83. The number of thioether (sulfide) groups is 1. The Labute approximate surface area is 172 Å². The number of hydrogen-bond acceptors (Lipinski definition) is 3. The molecule has 0 saturated heterocycles. The summed E-state index contributed by atoms with van der Waals surface area (Å²) >= 11 is 1.59. The number of nitrogens with one attached hydrogen (secondary N) is 1. The Morgan fingerprint density at radius 3 is 2.54 bits per heavy atom. The van der Waals surface area contributed by atoms with Crippen LogP contribution >= 0.6 is 11.8 Å². The number of benzene rings is 2. The first-order valence-electron chi connectivity index (χ1n) is 9.67. The molecule has 150 valence electrons. The first-order chi connectivity index (χ1) is 13.4. The number of aryl methyl sites for hydroxylation is 2. The summed E-state index contributed by atoms with van der Waals surface area (Å²) in [6.45, 7) is 8.78. The summed E-state index contributed by atoms with van der Waals surface area (Å²) in [5.74, 6) is 1.00. The topological polar surface area (TPSA) is 49.4 Å². The molecule has 2 aromatic carbocycles. The van der Waals surface area contributed by atoms with Gasteiger partial charge in [0.15, 0.2) is 0 Å². The van der Waals surface area contributed by atoms with Crippen LogP contribution in [0.25, 0.3) is 0 Å². The molecule has 4 nitrogen and oxygen atoms in total.